The molecule has 0 bridgehead atoms. The zero-order valence-electron chi connectivity index (χ0n) is 10.4. The number of phenols is 1. The molecule has 0 saturated heterocycles. The molecule has 2 rings (SSSR count). The lowest BCUT2D eigenvalue weighted by Crippen LogP contribution is -2.30. The minimum Gasteiger partial charge on any atom is -0.508 e. The van der Waals surface area contributed by atoms with Crippen LogP contribution in [0.1, 0.15) is 22.8 Å². The maximum Gasteiger partial charge on any atom is 0.261 e. The predicted octanol–water partition coefficient (Wildman–Crippen LogP) is 2.96. The van der Waals surface area contributed by atoms with Crippen LogP contribution in [-0.2, 0) is 0 Å². The van der Waals surface area contributed by atoms with E-state index in [0.29, 0.717) is 17.8 Å². The van der Waals surface area contributed by atoms with E-state index < -0.39 is 0 Å². The van der Waals surface area contributed by atoms with E-state index in [1.54, 1.807) is 29.2 Å². The van der Waals surface area contributed by atoms with Gasteiger partial charge in [-0.15, -0.1) is 0 Å². The van der Waals surface area contributed by atoms with Crippen LogP contribution in [0.15, 0.2) is 41.2 Å². The molecule has 18 heavy (non-hydrogen) atoms. The van der Waals surface area contributed by atoms with E-state index >= 15 is 0 Å². The summed E-state index contributed by atoms with van der Waals surface area (Å²) in [6.07, 6.45) is 2.89. The zero-order chi connectivity index (χ0) is 13.1. The van der Waals surface area contributed by atoms with Crippen LogP contribution in [0.25, 0.3) is 0 Å². The summed E-state index contributed by atoms with van der Waals surface area (Å²) in [5.74, 6) is 0.00833. The highest BCUT2D eigenvalue weighted by molar-refractivity contribution is 6.06. The molecular weight excluding hydrogens is 230 g/mol. The average molecular weight is 245 g/mol. The van der Waals surface area contributed by atoms with E-state index in [1.165, 1.54) is 12.5 Å². The summed E-state index contributed by atoms with van der Waals surface area (Å²) in [5.41, 5.74) is 2.15. The van der Waals surface area contributed by atoms with Gasteiger partial charge in [0.15, 0.2) is 0 Å². The molecule has 0 fully saturated rings. The minimum absolute atomic E-state index is 0.139. The summed E-state index contributed by atoms with van der Waals surface area (Å²) in [5, 5.41) is 9.54. The van der Waals surface area contributed by atoms with Gasteiger partial charge in [-0.05, 0) is 31.5 Å². The van der Waals surface area contributed by atoms with Crippen LogP contribution in [-0.4, -0.2) is 17.6 Å². The van der Waals surface area contributed by atoms with Gasteiger partial charge in [-0.3, -0.25) is 4.79 Å². The first-order chi connectivity index (χ1) is 8.63. The average Bonchev–Trinajstić information content (AvgIpc) is 2.88. The van der Waals surface area contributed by atoms with E-state index in [-0.39, 0.29) is 11.7 Å². The normalized spacial score (nSPS) is 10.3. The smallest absolute Gasteiger partial charge is 0.261 e. The molecule has 2 aromatic rings. The molecule has 0 unspecified atom stereocenters. The summed E-state index contributed by atoms with van der Waals surface area (Å²) < 4.78 is 4.92. The zero-order valence-corrected chi connectivity index (χ0v) is 10.4. The molecule has 1 aromatic carbocycles. The van der Waals surface area contributed by atoms with Gasteiger partial charge in [0, 0.05) is 12.6 Å². The van der Waals surface area contributed by atoms with Crippen molar-refractivity contribution in [1.29, 1.82) is 0 Å². The first-order valence-electron chi connectivity index (χ1n) is 5.77. The molecule has 94 valence electrons. The largest absolute Gasteiger partial charge is 0.508 e. The number of amides is 1. The summed E-state index contributed by atoms with van der Waals surface area (Å²) in [6, 6.07) is 6.62. The Kier molecular flexibility index (Phi) is 3.37. The van der Waals surface area contributed by atoms with Gasteiger partial charge in [-0.25, -0.2) is 0 Å². The van der Waals surface area contributed by atoms with Crippen LogP contribution in [0.3, 0.4) is 0 Å². The predicted molar refractivity (Wildman–Crippen MR) is 68.9 cm³/mol. The van der Waals surface area contributed by atoms with Crippen molar-refractivity contribution in [2.75, 3.05) is 11.4 Å². The van der Waals surface area contributed by atoms with Crippen LogP contribution in [0.5, 0.6) is 5.75 Å². The lowest BCUT2D eigenvalue weighted by molar-refractivity contribution is 0.0987. The number of anilines is 1. The van der Waals surface area contributed by atoms with Crippen LogP contribution in [0.2, 0.25) is 0 Å². The number of hydrogen-bond acceptors (Lipinski definition) is 3. The number of carbonyl (C=O) groups excluding carboxylic acids is 1. The number of carbonyl (C=O) groups is 1. The monoisotopic (exact) mass is 245 g/mol. The summed E-state index contributed by atoms with van der Waals surface area (Å²) in [7, 11) is 0. The molecular formula is C14H15NO3. The second-order valence-electron chi connectivity index (χ2n) is 4.03. The third-order valence-corrected chi connectivity index (χ3v) is 2.81. The molecule has 4 heteroatoms. The number of aromatic hydroxyl groups is 1. The van der Waals surface area contributed by atoms with Crippen LogP contribution < -0.4 is 4.90 Å². The number of hydrogen-bond donors (Lipinski definition) is 1. The first-order valence-corrected chi connectivity index (χ1v) is 5.77. The molecule has 0 spiro atoms. The van der Waals surface area contributed by atoms with Gasteiger partial charge in [0.05, 0.1) is 17.5 Å². The molecule has 4 nitrogen and oxygen atoms in total. The highest BCUT2D eigenvalue weighted by Crippen LogP contribution is 2.26. The van der Waals surface area contributed by atoms with Crippen molar-refractivity contribution in [2.24, 2.45) is 0 Å². The number of benzene rings is 1. The molecule has 0 aliphatic rings. The van der Waals surface area contributed by atoms with Gasteiger partial charge in [-0.2, -0.15) is 0 Å². The summed E-state index contributed by atoms with van der Waals surface area (Å²) >= 11 is 0. The van der Waals surface area contributed by atoms with Crippen molar-refractivity contribution in [3.05, 3.63) is 47.9 Å². The van der Waals surface area contributed by atoms with Crippen molar-refractivity contribution >= 4 is 11.6 Å². The quantitative estimate of drug-likeness (QED) is 0.904. The molecule has 1 amide bonds. The number of nitrogens with zero attached hydrogens (tertiary/aromatic N) is 1. The van der Waals surface area contributed by atoms with Crippen molar-refractivity contribution in [3.63, 3.8) is 0 Å². The Balaban J connectivity index is 2.39. The number of rotatable bonds is 3. The van der Waals surface area contributed by atoms with Gasteiger partial charge in [0.2, 0.25) is 0 Å². The molecule has 0 aliphatic heterocycles. The molecule has 1 heterocycles. The van der Waals surface area contributed by atoms with E-state index in [1.807, 2.05) is 13.8 Å². The lowest BCUT2D eigenvalue weighted by Gasteiger charge is -2.22. The Morgan fingerprint density at radius 3 is 2.78 bits per heavy atom. The fraction of sp³-hybridized carbons (Fsp3) is 0.214. The molecule has 1 aromatic heterocycles. The highest BCUT2D eigenvalue weighted by atomic mass is 16.3. The summed E-state index contributed by atoms with van der Waals surface area (Å²) in [6.45, 7) is 4.32. The topological polar surface area (TPSA) is 53.7 Å². The fourth-order valence-electron chi connectivity index (χ4n) is 1.85. The van der Waals surface area contributed by atoms with E-state index in [9.17, 15) is 9.90 Å². The third kappa shape index (κ3) is 2.22. The number of furan rings is 1. The second kappa shape index (κ2) is 4.96. The summed E-state index contributed by atoms with van der Waals surface area (Å²) in [4.78, 5) is 13.9. The van der Waals surface area contributed by atoms with Crippen molar-refractivity contribution < 1.29 is 14.3 Å². The van der Waals surface area contributed by atoms with E-state index in [2.05, 4.69) is 0 Å². The minimum atomic E-state index is -0.139. The van der Waals surface area contributed by atoms with Crippen molar-refractivity contribution in [3.8, 4) is 5.75 Å². The van der Waals surface area contributed by atoms with Crippen LogP contribution in [0, 0.1) is 6.92 Å². The van der Waals surface area contributed by atoms with E-state index in [0.717, 1.165) is 5.56 Å². The maximum atomic E-state index is 12.3. The number of aryl methyl sites for hydroxylation is 1. The lowest BCUT2D eigenvalue weighted by atomic mass is 10.1. The Labute approximate surface area is 105 Å². The van der Waals surface area contributed by atoms with Gasteiger partial charge in [0.1, 0.15) is 12.0 Å². The maximum absolute atomic E-state index is 12.3. The Bertz CT molecular complexity index is 546. The van der Waals surface area contributed by atoms with Gasteiger partial charge in [-0.1, -0.05) is 6.07 Å². The van der Waals surface area contributed by atoms with Gasteiger partial charge >= 0.3 is 0 Å². The highest BCUT2D eigenvalue weighted by Gasteiger charge is 2.18. The van der Waals surface area contributed by atoms with Gasteiger partial charge < -0.3 is 14.4 Å². The standard InChI is InChI=1S/C14H15NO3/c1-3-15(14(17)11-6-7-18-9-11)13-8-12(16)5-4-10(13)2/h4-9,16H,3H2,1-2H3. The van der Waals surface area contributed by atoms with Crippen LogP contribution >= 0.6 is 0 Å². The SMILES string of the molecule is CCN(C(=O)c1ccoc1)c1cc(O)ccc1C. The Hall–Kier alpha value is -2.23. The fourth-order valence-corrected chi connectivity index (χ4v) is 1.85. The Morgan fingerprint density at radius 1 is 1.39 bits per heavy atom. The first kappa shape index (κ1) is 12.2. The molecule has 0 aliphatic carbocycles. The second-order valence-corrected chi connectivity index (χ2v) is 4.03. The van der Waals surface area contributed by atoms with E-state index in [4.69, 9.17) is 4.42 Å². The van der Waals surface area contributed by atoms with Crippen molar-refractivity contribution in [1.82, 2.24) is 0 Å². The Morgan fingerprint density at radius 2 is 2.17 bits per heavy atom. The number of phenolic OH excluding ortho intramolecular Hbond substituents is 1. The molecule has 0 radical (unpaired) electrons. The molecule has 0 atom stereocenters. The molecule has 0 saturated carbocycles. The third-order valence-electron chi connectivity index (χ3n) is 2.81. The van der Waals surface area contributed by atoms with Crippen molar-refractivity contribution in [2.45, 2.75) is 13.8 Å². The molecule has 1 N–H and O–H groups in total. The van der Waals surface area contributed by atoms with Gasteiger partial charge in [0.25, 0.3) is 5.91 Å². The van der Waals surface area contributed by atoms with Crippen LogP contribution in [0.4, 0.5) is 5.69 Å².